The molecule has 24 heavy (non-hydrogen) atoms. The standard InChI is InChI=1S/C19H21NO3S/c1-14-11-15-7-3-4-9-17(15)13-20(14)19(21)12-16-8-5-6-10-18(16)24(2,22)23/h3-10,14H,11-13H2,1-2H3. The van der Waals surface area contributed by atoms with Crippen molar-refractivity contribution >= 4 is 15.7 Å². The van der Waals surface area contributed by atoms with E-state index in [1.165, 1.54) is 17.4 Å². The Morgan fingerprint density at radius 1 is 1.08 bits per heavy atom. The van der Waals surface area contributed by atoms with E-state index in [0.717, 1.165) is 6.42 Å². The largest absolute Gasteiger partial charge is 0.335 e. The van der Waals surface area contributed by atoms with Crippen LogP contribution in [0.2, 0.25) is 0 Å². The fourth-order valence-electron chi connectivity index (χ4n) is 3.29. The van der Waals surface area contributed by atoms with Gasteiger partial charge < -0.3 is 4.90 Å². The smallest absolute Gasteiger partial charge is 0.227 e. The fourth-order valence-corrected chi connectivity index (χ4v) is 4.23. The highest BCUT2D eigenvalue weighted by atomic mass is 32.2. The van der Waals surface area contributed by atoms with Crippen molar-refractivity contribution in [1.29, 1.82) is 0 Å². The van der Waals surface area contributed by atoms with Crippen LogP contribution in [0.25, 0.3) is 0 Å². The normalized spacial score (nSPS) is 17.4. The number of hydrogen-bond acceptors (Lipinski definition) is 3. The molecule has 126 valence electrons. The molecule has 1 amide bonds. The highest BCUT2D eigenvalue weighted by Gasteiger charge is 2.27. The summed E-state index contributed by atoms with van der Waals surface area (Å²) in [6.45, 7) is 2.62. The summed E-state index contributed by atoms with van der Waals surface area (Å²) in [5, 5.41) is 0. The van der Waals surface area contributed by atoms with E-state index in [1.807, 2.05) is 30.0 Å². The highest BCUT2D eigenvalue weighted by molar-refractivity contribution is 7.90. The predicted octanol–water partition coefficient (Wildman–Crippen LogP) is 2.61. The zero-order valence-corrected chi connectivity index (χ0v) is 14.7. The Morgan fingerprint density at radius 2 is 1.71 bits per heavy atom. The van der Waals surface area contributed by atoms with Gasteiger partial charge in [-0.1, -0.05) is 42.5 Å². The third-order valence-corrected chi connectivity index (χ3v) is 5.74. The molecule has 1 heterocycles. The molecule has 1 aliphatic heterocycles. The third kappa shape index (κ3) is 3.36. The van der Waals surface area contributed by atoms with Crippen LogP contribution < -0.4 is 0 Å². The van der Waals surface area contributed by atoms with Crippen LogP contribution in [0.4, 0.5) is 0 Å². The molecule has 0 aromatic heterocycles. The second kappa shape index (κ2) is 6.40. The van der Waals surface area contributed by atoms with Crippen LogP contribution in [0, 0.1) is 0 Å². The summed E-state index contributed by atoms with van der Waals surface area (Å²) in [6.07, 6.45) is 2.11. The van der Waals surface area contributed by atoms with Gasteiger partial charge in [-0.25, -0.2) is 8.42 Å². The average Bonchev–Trinajstić information content (AvgIpc) is 2.53. The molecule has 2 aromatic rings. The van der Waals surface area contributed by atoms with E-state index in [0.29, 0.717) is 12.1 Å². The summed E-state index contributed by atoms with van der Waals surface area (Å²) in [4.78, 5) is 14.9. The molecule has 0 radical (unpaired) electrons. The summed E-state index contributed by atoms with van der Waals surface area (Å²) >= 11 is 0. The van der Waals surface area contributed by atoms with E-state index >= 15 is 0 Å². The Kier molecular flexibility index (Phi) is 4.45. The van der Waals surface area contributed by atoms with Crippen LogP contribution in [0.15, 0.2) is 53.4 Å². The highest BCUT2D eigenvalue weighted by Crippen LogP contribution is 2.24. The number of benzene rings is 2. The molecule has 1 unspecified atom stereocenters. The molecular weight excluding hydrogens is 322 g/mol. The minimum Gasteiger partial charge on any atom is -0.335 e. The summed E-state index contributed by atoms with van der Waals surface area (Å²) in [6, 6.07) is 15.0. The first-order chi connectivity index (χ1) is 11.4. The van der Waals surface area contributed by atoms with Gasteiger partial charge in [0.05, 0.1) is 11.3 Å². The minimum atomic E-state index is -3.34. The van der Waals surface area contributed by atoms with Gasteiger partial charge in [-0.2, -0.15) is 0 Å². The fraction of sp³-hybridized carbons (Fsp3) is 0.316. The lowest BCUT2D eigenvalue weighted by molar-refractivity contribution is -0.133. The van der Waals surface area contributed by atoms with Crippen LogP contribution in [-0.2, 0) is 34.0 Å². The lowest BCUT2D eigenvalue weighted by Gasteiger charge is -2.35. The van der Waals surface area contributed by atoms with Gasteiger partial charge in [-0.15, -0.1) is 0 Å². The van der Waals surface area contributed by atoms with Crippen molar-refractivity contribution < 1.29 is 13.2 Å². The maximum atomic E-state index is 12.8. The van der Waals surface area contributed by atoms with E-state index in [4.69, 9.17) is 0 Å². The Labute approximate surface area is 143 Å². The summed E-state index contributed by atoms with van der Waals surface area (Å²) in [5.41, 5.74) is 3.02. The topological polar surface area (TPSA) is 54.5 Å². The number of sulfone groups is 1. The van der Waals surface area contributed by atoms with Crippen LogP contribution in [0.1, 0.15) is 23.6 Å². The molecule has 5 heteroatoms. The molecule has 3 rings (SSSR count). The van der Waals surface area contributed by atoms with Gasteiger partial charge in [0, 0.05) is 18.8 Å². The van der Waals surface area contributed by atoms with Crippen molar-refractivity contribution in [2.75, 3.05) is 6.26 Å². The van der Waals surface area contributed by atoms with Crippen molar-refractivity contribution in [3.8, 4) is 0 Å². The SMILES string of the molecule is CC1Cc2ccccc2CN1C(=O)Cc1ccccc1S(C)(=O)=O. The van der Waals surface area contributed by atoms with Gasteiger partial charge in [-0.3, -0.25) is 4.79 Å². The second-order valence-electron chi connectivity index (χ2n) is 6.40. The van der Waals surface area contributed by atoms with Gasteiger partial charge in [0.1, 0.15) is 0 Å². The van der Waals surface area contributed by atoms with Gasteiger partial charge in [0.2, 0.25) is 5.91 Å². The number of carbonyl (C=O) groups is 1. The molecule has 0 fully saturated rings. The number of rotatable bonds is 3. The number of amides is 1. The molecule has 1 aliphatic rings. The quantitative estimate of drug-likeness (QED) is 0.861. The van der Waals surface area contributed by atoms with Crippen LogP contribution in [0.5, 0.6) is 0 Å². The third-order valence-electron chi connectivity index (χ3n) is 4.54. The Morgan fingerprint density at radius 3 is 2.42 bits per heavy atom. The zero-order valence-electron chi connectivity index (χ0n) is 13.9. The zero-order chi connectivity index (χ0) is 17.3. The number of carbonyl (C=O) groups excluding carboxylic acids is 1. The Bertz CT molecular complexity index is 874. The van der Waals surface area contributed by atoms with Crippen molar-refractivity contribution in [3.05, 3.63) is 65.2 Å². The number of nitrogens with zero attached hydrogens (tertiary/aromatic N) is 1. The second-order valence-corrected chi connectivity index (χ2v) is 8.38. The first kappa shape index (κ1) is 16.7. The van der Waals surface area contributed by atoms with Crippen LogP contribution in [0.3, 0.4) is 0 Å². The lowest BCUT2D eigenvalue weighted by atomic mass is 9.94. The maximum absolute atomic E-state index is 12.8. The first-order valence-electron chi connectivity index (χ1n) is 8.00. The van der Waals surface area contributed by atoms with Crippen LogP contribution in [-0.4, -0.2) is 31.5 Å². The minimum absolute atomic E-state index is 0.0342. The Hall–Kier alpha value is -2.14. The molecular formula is C19H21NO3S. The predicted molar refractivity (Wildman–Crippen MR) is 93.4 cm³/mol. The van der Waals surface area contributed by atoms with Gasteiger partial charge >= 0.3 is 0 Å². The summed E-state index contributed by atoms with van der Waals surface area (Å²) in [7, 11) is -3.34. The molecule has 2 aromatic carbocycles. The Balaban J connectivity index is 1.84. The molecule has 0 saturated carbocycles. The molecule has 0 aliphatic carbocycles. The van der Waals surface area contributed by atoms with Gasteiger partial charge in [0.15, 0.2) is 9.84 Å². The number of hydrogen-bond donors (Lipinski definition) is 0. The van der Waals surface area contributed by atoms with E-state index in [9.17, 15) is 13.2 Å². The molecule has 1 atom stereocenters. The molecule has 0 spiro atoms. The van der Waals surface area contributed by atoms with Crippen molar-refractivity contribution in [2.24, 2.45) is 0 Å². The number of fused-ring (bicyclic) bond motifs is 1. The van der Waals surface area contributed by atoms with E-state index < -0.39 is 9.84 Å². The van der Waals surface area contributed by atoms with Gasteiger partial charge in [0.25, 0.3) is 0 Å². The molecule has 0 bridgehead atoms. The average molecular weight is 343 g/mol. The molecule has 0 saturated heterocycles. The summed E-state index contributed by atoms with van der Waals surface area (Å²) < 4.78 is 23.8. The lowest BCUT2D eigenvalue weighted by Crippen LogP contribution is -2.43. The first-order valence-corrected chi connectivity index (χ1v) is 9.89. The van der Waals surface area contributed by atoms with Crippen LogP contribution >= 0.6 is 0 Å². The van der Waals surface area contributed by atoms with Crippen molar-refractivity contribution in [2.45, 2.75) is 37.2 Å². The van der Waals surface area contributed by atoms with E-state index in [1.54, 1.807) is 24.3 Å². The van der Waals surface area contributed by atoms with Crippen molar-refractivity contribution in [1.82, 2.24) is 4.90 Å². The van der Waals surface area contributed by atoms with E-state index in [-0.39, 0.29) is 23.3 Å². The van der Waals surface area contributed by atoms with Gasteiger partial charge in [-0.05, 0) is 36.1 Å². The summed E-state index contributed by atoms with van der Waals surface area (Å²) in [5.74, 6) is -0.0342. The molecule has 4 nitrogen and oxygen atoms in total. The van der Waals surface area contributed by atoms with Crippen molar-refractivity contribution in [3.63, 3.8) is 0 Å². The molecule has 0 N–H and O–H groups in total. The maximum Gasteiger partial charge on any atom is 0.227 e. The monoisotopic (exact) mass is 343 g/mol. The van der Waals surface area contributed by atoms with E-state index in [2.05, 4.69) is 6.07 Å².